The molecule has 6 nitrogen and oxygen atoms in total. The summed E-state index contributed by atoms with van der Waals surface area (Å²) in [5, 5.41) is 3.79. The Morgan fingerprint density at radius 3 is 2.47 bits per heavy atom. The predicted octanol–water partition coefficient (Wildman–Crippen LogP) is 8.17. The number of pyridine rings is 1. The Morgan fingerprint density at radius 1 is 1.14 bits per heavy atom. The number of methoxy groups -OCH3 is 1. The topological polar surface area (TPSA) is 87.3 Å². The summed E-state index contributed by atoms with van der Waals surface area (Å²) in [6.45, 7) is 10.1. The number of thioether (sulfide) groups is 1. The minimum Gasteiger partial charge on any atom is -0.482 e. The molecule has 0 bridgehead atoms. The van der Waals surface area contributed by atoms with Crippen LogP contribution in [0.4, 0.5) is 5.69 Å². The Labute approximate surface area is 226 Å². The van der Waals surface area contributed by atoms with E-state index in [1.807, 2.05) is 57.3 Å². The van der Waals surface area contributed by atoms with E-state index in [4.69, 9.17) is 15.5 Å². The number of esters is 1. The van der Waals surface area contributed by atoms with Gasteiger partial charge in [-0.25, -0.2) is 14.8 Å². The molecule has 2 N–H and O–H groups in total. The Hall–Kier alpha value is -2.62. The highest BCUT2D eigenvalue weighted by Crippen LogP contribution is 2.45. The summed E-state index contributed by atoms with van der Waals surface area (Å²) >= 11 is 5.00. The van der Waals surface area contributed by atoms with Gasteiger partial charge >= 0.3 is 5.97 Å². The zero-order valence-corrected chi connectivity index (χ0v) is 24.2. The summed E-state index contributed by atoms with van der Waals surface area (Å²) in [7, 11) is 1.34. The summed E-state index contributed by atoms with van der Waals surface area (Å²) < 4.78 is 11.2. The maximum absolute atomic E-state index is 11.3. The number of fused-ring (bicyclic) bond motifs is 1. The average Bonchev–Trinajstić information content (AvgIpc) is 3.58. The van der Waals surface area contributed by atoms with E-state index < -0.39 is 5.97 Å². The lowest BCUT2D eigenvalue weighted by Gasteiger charge is -2.09. The van der Waals surface area contributed by atoms with Crippen molar-refractivity contribution in [1.82, 2.24) is 9.97 Å². The van der Waals surface area contributed by atoms with Gasteiger partial charge in [0.05, 0.1) is 17.0 Å². The maximum Gasteiger partial charge on any atom is 0.343 e. The first-order valence-electron chi connectivity index (χ1n) is 12.2. The van der Waals surface area contributed by atoms with E-state index in [0.29, 0.717) is 5.75 Å². The van der Waals surface area contributed by atoms with Crippen LogP contribution < -0.4 is 10.5 Å². The molecular formula is C27H35N3O3S3. The SMILES string of the molecule is CC.CC.CCCCSc1sc2nc(-c3nccs3)cc(-c3ccc(OCC(=O)OC)cc3)c2c1N. The number of carbonyl (C=O) groups excluding carboxylic acids is 1. The molecule has 0 saturated heterocycles. The largest absolute Gasteiger partial charge is 0.482 e. The number of rotatable bonds is 9. The standard InChI is InChI=1S/C23H23N3O3S3.2C2H6/c1-3-4-10-31-23-20(24)19-16(12-17(26-22(19)32-23)21-25-9-11-30-21)14-5-7-15(8-6-14)29-13-18(27)28-2;2*1-2/h5-9,11-12H,3-4,10,13,24H2,1-2H3;2*1-2H3. The Morgan fingerprint density at radius 2 is 1.86 bits per heavy atom. The van der Waals surface area contributed by atoms with Gasteiger partial charge in [-0.3, -0.25) is 0 Å². The van der Waals surface area contributed by atoms with Crippen molar-refractivity contribution < 1.29 is 14.3 Å². The van der Waals surface area contributed by atoms with Gasteiger partial charge in [0, 0.05) is 17.0 Å². The van der Waals surface area contributed by atoms with Gasteiger partial charge in [0.25, 0.3) is 0 Å². The number of thiophene rings is 1. The second-order valence-electron chi connectivity index (χ2n) is 6.97. The lowest BCUT2D eigenvalue weighted by Crippen LogP contribution is -2.12. The van der Waals surface area contributed by atoms with Crippen molar-refractivity contribution in [3.8, 4) is 27.6 Å². The number of carbonyl (C=O) groups is 1. The number of benzene rings is 1. The summed E-state index contributed by atoms with van der Waals surface area (Å²) in [6.07, 6.45) is 4.09. The first-order valence-corrected chi connectivity index (χ1v) is 14.8. The fourth-order valence-electron chi connectivity index (χ4n) is 3.14. The molecule has 3 heterocycles. The molecule has 0 aliphatic carbocycles. The molecule has 0 spiro atoms. The monoisotopic (exact) mass is 545 g/mol. The van der Waals surface area contributed by atoms with Crippen molar-refractivity contribution >= 4 is 56.3 Å². The lowest BCUT2D eigenvalue weighted by atomic mass is 10.0. The number of thiazole rings is 1. The number of hydrogen-bond donors (Lipinski definition) is 1. The Balaban J connectivity index is 0.00000109. The summed E-state index contributed by atoms with van der Waals surface area (Å²) in [5.41, 5.74) is 10.2. The highest BCUT2D eigenvalue weighted by atomic mass is 32.2. The normalized spacial score (nSPS) is 10.2. The highest BCUT2D eigenvalue weighted by molar-refractivity contribution is 8.01. The molecule has 0 unspecified atom stereocenters. The average molecular weight is 546 g/mol. The number of nitrogens with zero attached hydrogens (tertiary/aromatic N) is 2. The number of nitrogen functional groups attached to an aromatic ring is 1. The molecule has 3 aromatic heterocycles. The maximum atomic E-state index is 11.3. The van der Waals surface area contributed by atoms with Crippen LogP contribution in [0, 0.1) is 0 Å². The van der Waals surface area contributed by atoms with Gasteiger partial charge in [-0.05, 0) is 41.5 Å². The van der Waals surface area contributed by atoms with E-state index in [9.17, 15) is 4.79 Å². The molecule has 36 heavy (non-hydrogen) atoms. The van der Waals surface area contributed by atoms with E-state index in [0.717, 1.165) is 60.5 Å². The molecule has 0 aliphatic rings. The fraction of sp³-hybridized carbons (Fsp3) is 0.370. The molecule has 0 aliphatic heterocycles. The van der Waals surface area contributed by atoms with Gasteiger partial charge in [0.15, 0.2) is 6.61 Å². The zero-order valence-electron chi connectivity index (χ0n) is 21.8. The number of aromatic nitrogens is 2. The third-order valence-electron chi connectivity index (χ3n) is 4.80. The van der Waals surface area contributed by atoms with Crippen LogP contribution >= 0.6 is 34.4 Å². The molecular weight excluding hydrogens is 511 g/mol. The van der Waals surface area contributed by atoms with Crippen LogP contribution in [-0.4, -0.2) is 35.4 Å². The number of anilines is 1. The number of nitrogens with two attached hydrogens (primary N) is 1. The number of unbranched alkanes of at least 4 members (excludes halogenated alkanes) is 1. The first-order chi connectivity index (χ1) is 17.6. The van der Waals surface area contributed by atoms with Gasteiger partial charge in [-0.15, -0.1) is 34.4 Å². The van der Waals surface area contributed by atoms with E-state index >= 15 is 0 Å². The Kier molecular flexibility index (Phi) is 12.7. The van der Waals surface area contributed by atoms with Crippen molar-refractivity contribution in [1.29, 1.82) is 0 Å². The molecule has 0 amide bonds. The van der Waals surface area contributed by atoms with Crippen LogP contribution in [0.2, 0.25) is 0 Å². The van der Waals surface area contributed by atoms with E-state index in [-0.39, 0.29) is 6.61 Å². The molecule has 0 atom stereocenters. The van der Waals surface area contributed by atoms with Crippen LogP contribution in [-0.2, 0) is 9.53 Å². The van der Waals surface area contributed by atoms with Crippen molar-refractivity contribution in [3.63, 3.8) is 0 Å². The van der Waals surface area contributed by atoms with Crippen LogP contribution in [0.5, 0.6) is 5.75 Å². The van der Waals surface area contributed by atoms with Gasteiger partial charge in [0.1, 0.15) is 21.3 Å². The van der Waals surface area contributed by atoms with Gasteiger partial charge < -0.3 is 15.2 Å². The van der Waals surface area contributed by atoms with Crippen LogP contribution in [0.15, 0.2) is 46.1 Å². The molecule has 4 rings (SSSR count). The molecule has 4 aromatic rings. The molecule has 0 fully saturated rings. The summed E-state index contributed by atoms with van der Waals surface area (Å²) in [4.78, 5) is 21.6. The van der Waals surface area contributed by atoms with E-state index in [1.54, 1.807) is 40.6 Å². The van der Waals surface area contributed by atoms with Crippen LogP contribution in [0.1, 0.15) is 47.5 Å². The second-order valence-corrected chi connectivity index (χ2v) is 10.2. The second kappa shape index (κ2) is 15.5. The fourth-order valence-corrected chi connectivity index (χ4v) is 6.19. The summed E-state index contributed by atoms with van der Waals surface area (Å²) in [5.74, 6) is 1.21. The third-order valence-corrected chi connectivity index (χ3v) is 8.07. The smallest absolute Gasteiger partial charge is 0.343 e. The number of hydrogen-bond acceptors (Lipinski definition) is 9. The number of ether oxygens (including phenoxy) is 2. The molecule has 1 aromatic carbocycles. The lowest BCUT2D eigenvalue weighted by molar-refractivity contribution is -0.142. The third kappa shape index (κ3) is 7.44. The first kappa shape index (κ1) is 29.6. The van der Waals surface area contributed by atoms with Crippen molar-refractivity contribution in [2.24, 2.45) is 0 Å². The van der Waals surface area contributed by atoms with Gasteiger partial charge in [0.2, 0.25) is 0 Å². The summed E-state index contributed by atoms with van der Waals surface area (Å²) in [6, 6.07) is 9.66. The minimum atomic E-state index is -0.419. The van der Waals surface area contributed by atoms with Crippen LogP contribution in [0.25, 0.3) is 32.0 Å². The molecule has 0 radical (unpaired) electrons. The zero-order chi connectivity index (χ0) is 26.5. The van der Waals surface area contributed by atoms with Crippen LogP contribution in [0.3, 0.4) is 0 Å². The van der Waals surface area contributed by atoms with Crippen molar-refractivity contribution in [2.75, 3.05) is 25.2 Å². The van der Waals surface area contributed by atoms with E-state index in [2.05, 4.69) is 22.7 Å². The van der Waals surface area contributed by atoms with Gasteiger partial charge in [-0.2, -0.15) is 0 Å². The Bertz CT molecular complexity index is 1210. The van der Waals surface area contributed by atoms with Crippen molar-refractivity contribution in [3.05, 3.63) is 41.9 Å². The minimum absolute atomic E-state index is 0.126. The van der Waals surface area contributed by atoms with Gasteiger partial charge in [-0.1, -0.05) is 53.2 Å². The molecule has 0 saturated carbocycles. The predicted molar refractivity (Wildman–Crippen MR) is 156 cm³/mol. The molecule has 9 heteroatoms. The highest BCUT2D eigenvalue weighted by Gasteiger charge is 2.19. The molecule has 194 valence electrons. The quantitative estimate of drug-likeness (QED) is 0.129. The van der Waals surface area contributed by atoms with Crippen molar-refractivity contribution in [2.45, 2.75) is 51.7 Å². The van der Waals surface area contributed by atoms with E-state index in [1.165, 1.54) is 7.11 Å².